The van der Waals surface area contributed by atoms with Crippen LogP contribution in [0.3, 0.4) is 0 Å². The van der Waals surface area contributed by atoms with Gasteiger partial charge in [-0.15, -0.1) is 0 Å². The second kappa shape index (κ2) is 6.41. The molecular formula is C14H13ClN2O4. The molecule has 1 aromatic carbocycles. The van der Waals surface area contributed by atoms with Gasteiger partial charge in [-0.1, -0.05) is 30.7 Å². The Bertz CT molecular complexity index is 651. The molecule has 2 rings (SSSR count). The van der Waals surface area contributed by atoms with E-state index in [2.05, 4.69) is 5.32 Å². The van der Waals surface area contributed by atoms with Gasteiger partial charge in [0.2, 0.25) is 0 Å². The standard InChI is InChI=1S/C14H13ClN2O4/c1-2-11(9-3-5-10(15)6-4-9)16-14(18)12-7-8-13(21-12)17(19)20/h3-8,11H,2H2,1H3,(H,16,18)/t11-/m1/s1. The van der Waals surface area contributed by atoms with Gasteiger partial charge in [0.15, 0.2) is 5.76 Å². The minimum atomic E-state index is -0.687. The highest BCUT2D eigenvalue weighted by Gasteiger charge is 2.20. The molecule has 0 saturated carbocycles. The first-order valence-corrected chi connectivity index (χ1v) is 6.69. The molecule has 0 aliphatic heterocycles. The molecule has 6 nitrogen and oxygen atoms in total. The maximum absolute atomic E-state index is 12.0. The highest BCUT2D eigenvalue weighted by atomic mass is 35.5. The molecule has 0 fully saturated rings. The zero-order valence-electron chi connectivity index (χ0n) is 11.2. The van der Waals surface area contributed by atoms with Gasteiger partial charge in [0, 0.05) is 5.02 Å². The van der Waals surface area contributed by atoms with Crippen molar-refractivity contribution in [2.45, 2.75) is 19.4 Å². The van der Waals surface area contributed by atoms with Crippen LogP contribution in [0.4, 0.5) is 5.88 Å². The highest BCUT2D eigenvalue weighted by molar-refractivity contribution is 6.30. The number of hydrogen-bond acceptors (Lipinski definition) is 4. The average molecular weight is 309 g/mol. The molecule has 0 saturated heterocycles. The fourth-order valence-electron chi connectivity index (χ4n) is 1.89. The quantitative estimate of drug-likeness (QED) is 0.673. The summed E-state index contributed by atoms with van der Waals surface area (Å²) in [5, 5.41) is 13.9. The summed E-state index contributed by atoms with van der Waals surface area (Å²) in [6.07, 6.45) is 0.663. The van der Waals surface area contributed by atoms with E-state index < -0.39 is 16.7 Å². The summed E-state index contributed by atoms with van der Waals surface area (Å²) in [5.41, 5.74) is 0.899. The molecule has 1 atom stereocenters. The van der Waals surface area contributed by atoms with E-state index in [1.54, 1.807) is 12.1 Å². The Morgan fingerprint density at radius 3 is 2.52 bits per heavy atom. The lowest BCUT2D eigenvalue weighted by molar-refractivity contribution is -0.402. The predicted octanol–water partition coefficient (Wildman–Crippen LogP) is 3.72. The highest BCUT2D eigenvalue weighted by Crippen LogP contribution is 2.21. The fraction of sp³-hybridized carbons (Fsp3) is 0.214. The molecule has 1 aromatic heterocycles. The first kappa shape index (κ1) is 15.1. The van der Waals surface area contributed by atoms with Crippen LogP contribution in [0.15, 0.2) is 40.8 Å². The van der Waals surface area contributed by atoms with E-state index in [4.69, 9.17) is 16.0 Å². The molecular weight excluding hydrogens is 296 g/mol. The van der Waals surface area contributed by atoms with Crippen LogP contribution in [0.1, 0.15) is 35.5 Å². The van der Waals surface area contributed by atoms with Crippen LogP contribution in [0.2, 0.25) is 5.02 Å². The number of halogens is 1. The largest absolute Gasteiger partial charge is 0.433 e. The minimum Gasteiger partial charge on any atom is -0.395 e. The second-order valence-electron chi connectivity index (χ2n) is 4.38. The summed E-state index contributed by atoms with van der Waals surface area (Å²) in [5.74, 6) is -1.04. The molecule has 1 heterocycles. The van der Waals surface area contributed by atoms with Gasteiger partial charge in [0.25, 0.3) is 5.91 Å². The zero-order chi connectivity index (χ0) is 15.4. The molecule has 0 bridgehead atoms. The lowest BCUT2D eigenvalue weighted by Crippen LogP contribution is -2.27. The summed E-state index contributed by atoms with van der Waals surface area (Å²) in [6, 6.07) is 9.33. The number of nitro groups is 1. The lowest BCUT2D eigenvalue weighted by atomic mass is 10.0. The molecule has 21 heavy (non-hydrogen) atoms. The van der Waals surface area contributed by atoms with Crippen LogP contribution in [0.5, 0.6) is 0 Å². The Kier molecular flexibility index (Phi) is 4.59. The number of benzene rings is 1. The van der Waals surface area contributed by atoms with E-state index in [-0.39, 0.29) is 11.8 Å². The zero-order valence-corrected chi connectivity index (χ0v) is 12.0. The lowest BCUT2D eigenvalue weighted by Gasteiger charge is -2.16. The number of hydrogen-bond donors (Lipinski definition) is 1. The molecule has 0 aliphatic carbocycles. The first-order chi connectivity index (χ1) is 10.0. The van der Waals surface area contributed by atoms with Crippen molar-refractivity contribution in [3.05, 3.63) is 62.9 Å². The number of amides is 1. The van der Waals surface area contributed by atoms with Crippen LogP contribution in [0, 0.1) is 10.1 Å². The molecule has 1 amide bonds. The fourth-order valence-corrected chi connectivity index (χ4v) is 2.02. The van der Waals surface area contributed by atoms with Crippen molar-refractivity contribution in [1.29, 1.82) is 0 Å². The van der Waals surface area contributed by atoms with Gasteiger partial charge in [-0.25, -0.2) is 0 Å². The molecule has 110 valence electrons. The maximum Gasteiger partial charge on any atom is 0.433 e. The van der Waals surface area contributed by atoms with Crippen molar-refractivity contribution >= 4 is 23.4 Å². The first-order valence-electron chi connectivity index (χ1n) is 6.31. The number of nitrogens with zero attached hydrogens (tertiary/aromatic N) is 1. The number of nitrogens with one attached hydrogen (secondary N) is 1. The third-order valence-electron chi connectivity index (χ3n) is 2.98. The number of carbonyl (C=O) groups is 1. The number of rotatable bonds is 5. The average Bonchev–Trinajstić information content (AvgIpc) is 2.96. The van der Waals surface area contributed by atoms with Crippen molar-refractivity contribution in [2.75, 3.05) is 0 Å². The van der Waals surface area contributed by atoms with E-state index in [0.29, 0.717) is 11.4 Å². The third-order valence-corrected chi connectivity index (χ3v) is 3.23. The van der Waals surface area contributed by atoms with Gasteiger partial charge < -0.3 is 9.73 Å². The molecule has 0 spiro atoms. The predicted molar refractivity (Wildman–Crippen MR) is 77.3 cm³/mol. The van der Waals surface area contributed by atoms with Gasteiger partial charge in [0.1, 0.15) is 4.92 Å². The number of furan rings is 1. The second-order valence-corrected chi connectivity index (χ2v) is 4.82. The van der Waals surface area contributed by atoms with Gasteiger partial charge in [-0.05, 0) is 30.2 Å². The van der Waals surface area contributed by atoms with E-state index in [0.717, 1.165) is 11.6 Å². The van der Waals surface area contributed by atoms with Gasteiger partial charge in [-0.2, -0.15) is 0 Å². The Hall–Kier alpha value is -2.34. The van der Waals surface area contributed by atoms with Crippen molar-refractivity contribution < 1.29 is 14.1 Å². The van der Waals surface area contributed by atoms with Crippen LogP contribution >= 0.6 is 11.6 Å². The Balaban J connectivity index is 2.12. The van der Waals surface area contributed by atoms with Crippen molar-refractivity contribution in [2.24, 2.45) is 0 Å². The van der Waals surface area contributed by atoms with Gasteiger partial charge >= 0.3 is 5.88 Å². The summed E-state index contributed by atoms with van der Waals surface area (Å²) in [7, 11) is 0. The van der Waals surface area contributed by atoms with E-state index in [9.17, 15) is 14.9 Å². The van der Waals surface area contributed by atoms with Crippen molar-refractivity contribution in [3.8, 4) is 0 Å². The van der Waals surface area contributed by atoms with Crippen molar-refractivity contribution in [1.82, 2.24) is 5.32 Å². The summed E-state index contributed by atoms with van der Waals surface area (Å²) >= 11 is 5.83. The van der Waals surface area contributed by atoms with Gasteiger partial charge in [-0.3, -0.25) is 14.9 Å². The summed E-state index contributed by atoms with van der Waals surface area (Å²) in [6.45, 7) is 1.92. The summed E-state index contributed by atoms with van der Waals surface area (Å²) < 4.78 is 4.88. The van der Waals surface area contributed by atoms with Crippen LogP contribution in [0.25, 0.3) is 0 Å². The smallest absolute Gasteiger partial charge is 0.395 e. The Labute approximate surface area is 125 Å². The molecule has 0 aliphatic rings. The molecule has 0 radical (unpaired) electrons. The third kappa shape index (κ3) is 3.61. The molecule has 2 aromatic rings. The van der Waals surface area contributed by atoms with E-state index >= 15 is 0 Å². The van der Waals surface area contributed by atoms with E-state index in [1.165, 1.54) is 6.07 Å². The SMILES string of the molecule is CC[C@@H](NC(=O)c1ccc([N+](=O)[O-])o1)c1ccc(Cl)cc1. The van der Waals surface area contributed by atoms with Crippen LogP contribution < -0.4 is 5.32 Å². The van der Waals surface area contributed by atoms with E-state index in [1.807, 2.05) is 19.1 Å². The molecule has 1 N–H and O–H groups in total. The maximum atomic E-state index is 12.0. The summed E-state index contributed by atoms with van der Waals surface area (Å²) in [4.78, 5) is 21.9. The Morgan fingerprint density at radius 1 is 1.33 bits per heavy atom. The van der Waals surface area contributed by atoms with Crippen LogP contribution in [-0.4, -0.2) is 10.8 Å². The van der Waals surface area contributed by atoms with Gasteiger partial charge in [0.05, 0.1) is 12.1 Å². The topological polar surface area (TPSA) is 85.4 Å². The molecule has 0 unspecified atom stereocenters. The van der Waals surface area contributed by atoms with Crippen molar-refractivity contribution in [3.63, 3.8) is 0 Å². The monoisotopic (exact) mass is 308 g/mol. The Morgan fingerprint density at radius 2 is 2.00 bits per heavy atom. The number of carbonyl (C=O) groups excluding carboxylic acids is 1. The minimum absolute atomic E-state index is 0.0888. The normalized spacial score (nSPS) is 11.9. The molecule has 7 heteroatoms. The van der Waals surface area contributed by atoms with Crippen LogP contribution in [-0.2, 0) is 0 Å².